The second-order valence-electron chi connectivity index (χ2n) is 7.10. The third-order valence-corrected chi connectivity index (χ3v) is 4.79. The lowest BCUT2D eigenvalue weighted by molar-refractivity contribution is -0.126. The van der Waals surface area contributed by atoms with Gasteiger partial charge < -0.3 is 19.9 Å². The van der Waals surface area contributed by atoms with Crippen LogP contribution in [-0.4, -0.2) is 42.3 Å². The first kappa shape index (κ1) is 22.4. The van der Waals surface area contributed by atoms with E-state index in [-0.39, 0.29) is 31.7 Å². The zero-order chi connectivity index (χ0) is 22.3. The van der Waals surface area contributed by atoms with Gasteiger partial charge >= 0.3 is 0 Å². The molecule has 0 fully saturated rings. The average Bonchev–Trinajstić information content (AvgIpc) is 3.20. The van der Waals surface area contributed by atoms with Crippen LogP contribution in [0.25, 0.3) is 0 Å². The highest BCUT2D eigenvalue weighted by atomic mass is 19.1. The van der Waals surface area contributed by atoms with Gasteiger partial charge in [0, 0.05) is 37.1 Å². The van der Waals surface area contributed by atoms with E-state index in [1.807, 2.05) is 0 Å². The Morgan fingerprint density at radius 2 is 2.06 bits per heavy atom. The molecule has 0 saturated carbocycles. The van der Waals surface area contributed by atoms with Crippen LogP contribution < -0.4 is 10.1 Å². The molecule has 164 valence electrons. The highest BCUT2D eigenvalue weighted by Gasteiger charge is 2.43. The molecule has 2 aromatic carbocycles. The fraction of sp³-hybridized carbons (Fsp3) is 0.304. The van der Waals surface area contributed by atoms with Gasteiger partial charge in [-0.05, 0) is 42.5 Å². The van der Waals surface area contributed by atoms with Crippen molar-refractivity contribution in [2.45, 2.75) is 24.9 Å². The van der Waals surface area contributed by atoms with Crippen LogP contribution in [-0.2, 0) is 16.1 Å². The van der Waals surface area contributed by atoms with Crippen molar-refractivity contribution in [2.24, 2.45) is 4.99 Å². The quantitative estimate of drug-likeness (QED) is 0.448. The SMILES string of the molecule is C=CC[C@]1(C(=O)NCc2cc(F)ccc2F)COC(c2ccc(OCCCO)cc2)=N1. The molecule has 0 saturated heterocycles. The van der Waals surface area contributed by atoms with Crippen LogP contribution in [0.15, 0.2) is 60.1 Å². The summed E-state index contributed by atoms with van der Waals surface area (Å²) in [4.78, 5) is 17.4. The standard InChI is InChI=1S/C23H24F2N2O4/c1-2-10-23(22(29)26-14-17-13-18(24)6-9-20(17)25)15-31-21(27-23)16-4-7-19(8-5-16)30-12-3-11-28/h2,4-9,13,28H,1,3,10-12,14-15H2,(H,26,29)/t23-/m1/s1. The molecule has 8 heteroatoms. The first-order valence-electron chi connectivity index (χ1n) is 9.87. The Hall–Kier alpha value is -3.26. The zero-order valence-electron chi connectivity index (χ0n) is 16.9. The number of aliphatic hydroxyl groups excluding tert-OH is 1. The van der Waals surface area contributed by atoms with E-state index in [1.54, 1.807) is 30.3 Å². The summed E-state index contributed by atoms with van der Waals surface area (Å²) in [6.07, 6.45) is 2.32. The van der Waals surface area contributed by atoms with Gasteiger partial charge in [-0.1, -0.05) is 6.08 Å². The summed E-state index contributed by atoms with van der Waals surface area (Å²) in [5.41, 5.74) is -0.525. The molecule has 31 heavy (non-hydrogen) atoms. The molecule has 0 radical (unpaired) electrons. The van der Waals surface area contributed by atoms with E-state index in [0.717, 1.165) is 18.2 Å². The molecule has 2 aromatic rings. The monoisotopic (exact) mass is 430 g/mol. The molecule has 0 bridgehead atoms. The topological polar surface area (TPSA) is 80.2 Å². The Kier molecular flexibility index (Phi) is 7.36. The summed E-state index contributed by atoms with van der Waals surface area (Å²) in [7, 11) is 0. The number of hydrogen-bond donors (Lipinski definition) is 2. The molecule has 0 aromatic heterocycles. The third kappa shape index (κ3) is 5.46. The molecule has 1 aliphatic rings. The number of carbonyl (C=O) groups excluding carboxylic acids is 1. The van der Waals surface area contributed by atoms with Crippen LogP contribution in [0.1, 0.15) is 24.0 Å². The van der Waals surface area contributed by atoms with Gasteiger partial charge in [-0.15, -0.1) is 6.58 Å². The summed E-state index contributed by atoms with van der Waals surface area (Å²) in [6.45, 7) is 3.98. The summed E-state index contributed by atoms with van der Waals surface area (Å²) < 4.78 is 38.4. The Morgan fingerprint density at radius 3 is 2.77 bits per heavy atom. The number of benzene rings is 2. The summed E-state index contributed by atoms with van der Waals surface area (Å²) in [5, 5.41) is 11.4. The Balaban J connectivity index is 1.72. The Morgan fingerprint density at radius 1 is 1.29 bits per heavy atom. The number of halogens is 2. The molecule has 2 N–H and O–H groups in total. The van der Waals surface area contributed by atoms with Gasteiger partial charge in [0.05, 0.1) is 6.61 Å². The molecule has 0 spiro atoms. The predicted octanol–water partition coefficient (Wildman–Crippen LogP) is 3.13. The van der Waals surface area contributed by atoms with Gasteiger partial charge in [0.15, 0.2) is 5.54 Å². The maximum absolute atomic E-state index is 13.8. The lowest BCUT2D eigenvalue weighted by atomic mass is 9.96. The first-order chi connectivity index (χ1) is 15.0. The van der Waals surface area contributed by atoms with Crippen molar-refractivity contribution < 1.29 is 28.2 Å². The molecular weight excluding hydrogens is 406 g/mol. The largest absolute Gasteiger partial charge is 0.494 e. The van der Waals surface area contributed by atoms with Gasteiger partial charge in [0.1, 0.15) is 24.0 Å². The van der Waals surface area contributed by atoms with Crippen molar-refractivity contribution in [2.75, 3.05) is 19.8 Å². The number of nitrogens with one attached hydrogen (secondary N) is 1. The predicted molar refractivity (Wildman–Crippen MR) is 112 cm³/mol. The van der Waals surface area contributed by atoms with E-state index < -0.39 is 23.1 Å². The van der Waals surface area contributed by atoms with E-state index in [1.165, 1.54) is 0 Å². The lowest BCUT2D eigenvalue weighted by Crippen LogP contribution is -2.46. The van der Waals surface area contributed by atoms with Gasteiger partial charge in [-0.3, -0.25) is 4.79 Å². The van der Waals surface area contributed by atoms with Crippen molar-refractivity contribution in [1.29, 1.82) is 0 Å². The van der Waals surface area contributed by atoms with Crippen LogP contribution in [0.2, 0.25) is 0 Å². The van der Waals surface area contributed by atoms with Crippen LogP contribution in [0.4, 0.5) is 8.78 Å². The molecule has 6 nitrogen and oxygen atoms in total. The number of aliphatic imine (C=N–C) groups is 1. The Labute approximate surface area is 179 Å². The van der Waals surface area contributed by atoms with Crippen molar-refractivity contribution in [3.05, 3.63) is 77.9 Å². The van der Waals surface area contributed by atoms with Crippen LogP contribution in [0.3, 0.4) is 0 Å². The number of amides is 1. The minimum Gasteiger partial charge on any atom is -0.494 e. The van der Waals surface area contributed by atoms with Crippen molar-refractivity contribution in [3.63, 3.8) is 0 Å². The second-order valence-corrected chi connectivity index (χ2v) is 7.10. The van der Waals surface area contributed by atoms with Crippen molar-refractivity contribution in [1.82, 2.24) is 5.32 Å². The van der Waals surface area contributed by atoms with Gasteiger partial charge in [0.25, 0.3) is 5.91 Å². The molecular formula is C23H24F2N2O4. The third-order valence-electron chi connectivity index (χ3n) is 4.79. The van der Waals surface area contributed by atoms with Gasteiger partial charge in [-0.25, -0.2) is 13.8 Å². The highest BCUT2D eigenvalue weighted by Crippen LogP contribution is 2.27. The maximum Gasteiger partial charge on any atom is 0.252 e. The minimum absolute atomic E-state index is 0.000566. The van der Waals surface area contributed by atoms with E-state index >= 15 is 0 Å². The van der Waals surface area contributed by atoms with Crippen molar-refractivity contribution in [3.8, 4) is 5.75 Å². The fourth-order valence-electron chi connectivity index (χ4n) is 3.11. The lowest BCUT2D eigenvalue weighted by Gasteiger charge is -2.21. The summed E-state index contributed by atoms with van der Waals surface area (Å²) in [6, 6.07) is 10.1. The molecule has 1 aliphatic heterocycles. The summed E-state index contributed by atoms with van der Waals surface area (Å²) in [5.74, 6) is -0.707. The molecule has 1 amide bonds. The minimum atomic E-state index is -1.24. The van der Waals surface area contributed by atoms with Crippen LogP contribution in [0, 0.1) is 11.6 Å². The second kappa shape index (κ2) is 10.2. The van der Waals surface area contributed by atoms with Gasteiger partial charge in [0.2, 0.25) is 5.90 Å². The number of nitrogens with zero attached hydrogens (tertiary/aromatic N) is 1. The number of carbonyl (C=O) groups is 1. The smallest absolute Gasteiger partial charge is 0.252 e. The maximum atomic E-state index is 13.8. The van der Waals surface area contributed by atoms with Crippen LogP contribution >= 0.6 is 0 Å². The molecule has 1 heterocycles. The molecule has 3 rings (SSSR count). The zero-order valence-corrected chi connectivity index (χ0v) is 16.9. The average molecular weight is 430 g/mol. The first-order valence-corrected chi connectivity index (χ1v) is 9.87. The van der Waals surface area contributed by atoms with Crippen molar-refractivity contribution >= 4 is 11.8 Å². The normalized spacial score (nSPS) is 17.6. The number of aliphatic hydroxyl groups is 1. The van der Waals surface area contributed by atoms with E-state index in [4.69, 9.17) is 14.6 Å². The van der Waals surface area contributed by atoms with E-state index in [9.17, 15) is 13.6 Å². The fourth-order valence-corrected chi connectivity index (χ4v) is 3.11. The van der Waals surface area contributed by atoms with Crippen LogP contribution in [0.5, 0.6) is 5.75 Å². The van der Waals surface area contributed by atoms with Gasteiger partial charge in [-0.2, -0.15) is 0 Å². The number of hydrogen-bond acceptors (Lipinski definition) is 5. The Bertz CT molecular complexity index is 963. The van der Waals surface area contributed by atoms with E-state index in [0.29, 0.717) is 30.2 Å². The van der Waals surface area contributed by atoms with E-state index in [2.05, 4.69) is 16.9 Å². The number of rotatable bonds is 10. The molecule has 0 unspecified atom stereocenters. The number of ether oxygens (including phenoxy) is 2. The molecule has 1 atom stereocenters. The highest BCUT2D eigenvalue weighted by molar-refractivity contribution is 6.00. The molecule has 0 aliphatic carbocycles. The summed E-state index contributed by atoms with van der Waals surface area (Å²) >= 11 is 0.